The Labute approximate surface area is 90.4 Å². The van der Waals surface area contributed by atoms with Crippen LogP contribution in [0.5, 0.6) is 0 Å². The van der Waals surface area contributed by atoms with E-state index in [4.69, 9.17) is 0 Å². The zero-order valence-corrected chi connectivity index (χ0v) is 9.16. The van der Waals surface area contributed by atoms with Crippen molar-refractivity contribution in [3.63, 3.8) is 0 Å². The highest BCUT2D eigenvalue weighted by molar-refractivity contribution is 5.83. The maximum absolute atomic E-state index is 12.1. The van der Waals surface area contributed by atoms with Crippen molar-refractivity contribution in [2.45, 2.75) is 25.9 Å². The lowest BCUT2D eigenvalue weighted by Crippen LogP contribution is -2.17. The van der Waals surface area contributed by atoms with Gasteiger partial charge in [0.25, 0.3) is 0 Å². The molecule has 0 saturated carbocycles. The SMILES string of the molecule is CCC(C)([O])c1ccc2ccccc2c1. The summed E-state index contributed by atoms with van der Waals surface area (Å²) in [4.78, 5) is 0. The molecule has 77 valence electrons. The van der Waals surface area contributed by atoms with E-state index in [0.29, 0.717) is 6.42 Å². The average Bonchev–Trinajstić information content (AvgIpc) is 2.28. The summed E-state index contributed by atoms with van der Waals surface area (Å²) in [5.41, 5.74) is -0.0898. The first kappa shape index (κ1) is 10.2. The van der Waals surface area contributed by atoms with Crippen molar-refractivity contribution in [1.82, 2.24) is 0 Å². The maximum Gasteiger partial charge on any atom is 0.125 e. The van der Waals surface area contributed by atoms with E-state index in [1.807, 2.05) is 43.3 Å². The fraction of sp³-hybridized carbons (Fsp3) is 0.286. The predicted octanol–water partition coefficient (Wildman–Crippen LogP) is 3.90. The molecule has 0 N–H and O–H groups in total. The molecule has 0 spiro atoms. The Bertz CT molecular complexity index is 471. The first-order valence-corrected chi connectivity index (χ1v) is 5.33. The minimum absolute atomic E-state index is 0.616. The molecule has 2 rings (SSSR count). The Hall–Kier alpha value is -1.34. The molecule has 1 heteroatoms. The third kappa shape index (κ3) is 1.88. The number of fused-ring (bicyclic) bond motifs is 1. The molecule has 2 aromatic rings. The molecule has 0 aliphatic carbocycles. The van der Waals surface area contributed by atoms with Gasteiger partial charge in [0.2, 0.25) is 0 Å². The van der Waals surface area contributed by atoms with Gasteiger partial charge < -0.3 is 0 Å². The summed E-state index contributed by atoms with van der Waals surface area (Å²) in [6.07, 6.45) is 0.616. The molecule has 0 aromatic heterocycles. The second-order valence-electron chi connectivity index (χ2n) is 4.15. The highest BCUT2D eigenvalue weighted by Crippen LogP contribution is 2.27. The highest BCUT2D eigenvalue weighted by atomic mass is 16.3. The molecule has 0 heterocycles. The van der Waals surface area contributed by atoms with Gasteiger partial charge in [0.05, 0.1) is 0 Å². The van der Waals surface area contributed by atoms with E-state index >= 15 is 0 Å². The Kier molecular flexibility index (Phi) is 2.49. The Morgan fingerprint density at radius 1 is 1.07 bits per heavy atom. The summed E-state index contributed by atoms with van der Waals surface area (Å²) in [6.45, 7) is 3.68. The smallest absolute Gasteiger partial charge is 0.125 e. The van der Waals surface area contributed by atoms with E-state index in [0.717, 1.165) is 10.9 Å². The minimum atomic E-state index is -0.968. The van der Waals surface area contributed by atoms with E-state index in [2.05, 4.69) is 6.07 Å². The minimum Gasteiger partial charge on any atom is -0.225 e. The van der Waals surface area contributed by atoms with Crippen LogP contribution in [0, 0.1) is 0 Å². The van der Waals surface area contributed by atoms with Gasteiger partial charge in [-0.05, 0) is 35.7 Å². The number of hydrogen-bond donors (Lipinski definition) is 0. The molecule has 0 saturated heterocycles. The Morgan fingerprint density at radius 2 is 1.73 bits per heavy atom. The quantitative estimate of drug-likeness (QED) is 0.699. The Balaban J connectivity index is 2.56. The van der Waals surface area contributed by atoms with Gasteiger partial charge in [0, 0.05) is 0 Å². The number of rotatable bonds is 2. The average molecular weight is 199 g/mol. The van der Waals surface area contributed by atoms with Crippen molar-refractivity contribution in [1.29, 1.82) is 0 Å². The topological polar surface area (TPSA) is 19.9 Å². The van der Waals surface area contributed by atoms with Gasteiger partial charge in [0.1, 0.15) is 5.60 Å². The van der Waals surface area contributed by atoms with Crippen LogP contribution in [-0.4, -0.2) is 0 Å². The number of hydrogen-bond acceptors (Lipinski definition) is 0. The fourth-order valence-electron chi connectivity index (χ4n) is 1.72. The molecule has 0 aliphatic heterocycles. The zero-order valence-electron chi connectivity index (χ0n) is 9.16. The number of benzene rings is 2. The molecule has 2 aromatic carbocycles. The van der Waals surface area contributed by atoms with Crippen molar-refractivity contribution >= 4 is 10.8 Å². The van der Waals surface area contributed by atoms with Gasteiger partial charge in [-0.3, -0.25) is 0 Å². The van der Waals surface area contributed by atoms with Crippen LogP contribution in [0.1, 0.15) is 25.8 Å². The molecular formula is C14H15O. The van der Waals surface area contributed by atoms with Crippen LogP contribution in [0.4, 0.5) is 0 Å². The van der Waals surface area contributed by atoms with Crippen molar-refractivity contribution in [2.75, 3.05) is 0 Å². The van der Waals surface area contributed by atoms with E-state index in [9.17, 15) is 5.11 Å². The second-order valence-corrected chi connectivity index (χ2v) is 4.15. The van der Waals surface area contributed by atoms with E-state index in [-0.39, 0.29) is 0 Å². The summed E-state index contributed by atoms with van der Waals surface area (Å²) >= 11 is 0. The molecule has 0 aliphatic rings. The van der Waals surface area contributed by atoms with Crippen LogP contribution >= 0.6 is 0 Å². The third-order valence-electron chi connectivity index (χ3n) is 3.03. The van der Waals surface area contributed by atoms with E-state index in [1.54, 1.807) is 6.92 Å². The van der Waals surface area contributed by atoms with Gasteiger partial charge in [-0.2, -0.15) is 0 Å². The lowest BCUT2D eigenvalue weighted by atomic mass is 9.91. The zero-order chi connectivity index (χ0) is 10.9. The first-order valence-electron chi connectivity index (χ1n) is 5.33. The normalized spacial score (nSPS) is 15.1. The standard InChI is InChI=1S/C14H15O/c1-3-14(2,15)13-9-8-11-6-4-5-7-12(11)10-13/h4-10H,3H2,1-2H3. The molecule has 0 fully saturated rings. The summed E-state index contributed by atoms with van der Waals surface area (Å²) < 4.78 is 0. The van der Waals surface area contributed by atoms with Crippen LogP contribution in [0.3, 0.4) is 0 Å². The van der Waals surface area contributed by atoms with E-state index < -0.39 is 5.60 Å². The summed E-state index contributed by atoms with van der Waals surface area (Å²) in [7, 11) is 0. The fourth-order valence-corrected chi connectivity index (χ4v) is 1.72. The van der Waals surface area contributed by atoms with Crippen LogP contribution < -0.4 is 0 Å². The molecule has 1 unspecified atom stereocenters. The monoisotopic (exact) mass is 199 g/mol. The van der Waals surface area contributed by atoms with Gasteiger partial charge in [-0.1, -0.05) is 43.3 Å². The first-order chi connectivity index (χ1) is 7.13. The van der Waals surface area contributed by atoms with Crippen molar-refractivity contribution in [3.05, 3.63) is 48.0 Å². The highest BCUT2D eigenvalue weighted by Gasteiger charge is 2.22. The molecule has 1 radical (unpaired) electrons. The van der Waals surface area contributed by atoms with Gasteiger partial charge in [-0.25, -0.2) is 5.11 Å². The maximum atomic E-state index is 12.1. The molecule has 0 bridgehead atoms. The third-order valence-corrected chi connectivity index (χ3v) is 3.03. The molecule has 1 nitrogen and oxygen atoms in total. The van der Waals surface area contributed by atoms with Crippen LogP contribution in [0.25, 0.3) is 10.8 Å². The molecule has 0 amide bonds. The largest absolute Gasteiger partial charge is 0.225 e. The van der Waals surface area contributed by atoms with Crippen LogP contribution in [0.15, 0.2) is 42.5 Å². The lowest BCUT2D eigenvalue weighted by molar-refractivity contribution is -0.0212. The molecular weight excluding hydrogens is 184 g/mol. The summed E-state index contributed by atoms with van der Waals surface area (Å²) in [5, 5.41) is 14.4. The van der Waals surface area contributed by atoms with Gasteiger partial charge in [0.15, 0.2) is 0 Å². The Morgan fingerprint density at radius 3 is 2.40 bits per heavy atom. The van der Waals surface area contributed by atoms with Gasteiger partial charge >= 0.3 is 0 Å². The van der Waals surface area contributed by atoms with E-state index in [1.165, 1.54) is 5.39 Å². The van der Waals surface area contributed by atoms with Crippen molar-refractivity contribution in [3.8, 4) is 0 Å². The van der Waals surface area contributed by atoms with Crippen LogP contribution in [0.2, 0.25) is 0 Å². The molecule has 1 atom stereocenters. The molecule has 15 heavy (non-hydrogen) atoms. The van der Waals surface area contributed by atoms with Crippen LogP contribution in [-0.2, 0) is 10.7 Å². The predicted molar refractivity (Wildman–Crippen MR) is 62.3 cm³/mol. The van der Waals surface area contributed by atoms with Gasteiger partial charge in [-0.15, -0.1) is 0 Å². The second kappa shape index (κ2) is 3.67. The summed E-state index contributed by atoms with van der Waals surface area (Å²) in [6, 6.07) is 14.1. The van der Waals surface area contributed by atoms with Crippen molar-refractivity contribution in [2.24, 2.45) is 0 Å². The lowest BCUT2D eigenvalue weighted by Gasteiger charge is -2.19. The summed E-state index contributed by atoms with van der Waals surface area (Å²) in [5.74, 6) is 0. The van der Waals surface area contributed by atoms with Crippen molar-refractivity contribution < 1.29 is 5.11 Å².